The van der Waals surface area contributed by atoms with Gasteiger partial charge in [-0.3, -0.25) is 9.69 Å². The first-order valence-corrected chi connectivity index (χ1v) is 6.54. The lowest BCUT2D eigenvalue weighted by molar-refractivity contribution is -0.156. The molecule has 1 heterocycles. The fourth-order valence-corrected chi connectivity index (χ4v) is 2.41. The van der Waals surface area contributed by atoms with Gasteiger partial charge in [-0.05, 0) is 38.3 Å². The molecule has 98 valence electrons. The SMILES string of the molecule is CCOC(=O)C(C)(C)N1CCc2ccccc2C1. The van der Waals surface area contributed by atoms with Gasteiger partial charge in [0.25, 0.3) is 0 Å². The van der Waals surface area contributed by atoms with Crippen LogP contribution >= 0.6 is 0 Å². The molecule has 18 heavy (non-hydrogen) atoms. The van der Waals surface area contributed by atoms with Crippen molar-refractivity contribution in [2.45, 2.75) is 39.3 Å². The molecular formula is C15H21NO2. The highest BCUT2D eigenvalue weighted by Crippen LogP contribution is 2.26. The summed E-state index contributed by atoms with van der Waals surface area (Å²) in [4.78, 5) is 14.2. The number of esters is 1. The minimum Gasteiger partial charge on any atom is -0.465 e. The van der Waals surface area contributed by atoms with E-state index in [1.807, 2.05) is 20.8 Å². The summed E-state index contributed by atoms with van der Waals surface area (Å²) >= 11 is 0. The number of rotatable bonds is 3. The van der Waals surface area contributed by atoms with Gasteiger partial charge in [0.2, 0.25) is 0 Å². The maximum atomic E-state index is 12.0. The number of hydrogen-bond donors (Lipinski definition) is 0. The zero-order valence-corrected chi connectivity index (χ0v) is 11.4. The number of carbonyl (C=O) groups excluding carboxylic acids is 1. The van der Waals surface area contributed by atoms with Crippen LogP contribution in [0.5, 0.6) is 0 Å². The molecule has 0 radical (unpaired) electrons. The van der Waals surface area contributed by atoms with Crippen molar-refractivity contribution in [2.24, 2.45) is 0 Å². The lowest BCUT2D eigenvalue weighted by atomic mass is 9.94. The Labute approximate surface area is 109 Å². The molecular weight excluding hydrogens is 226 g/mol. The number of fused-ring (bicyclic) bond motifs is 1. The van der Waals surface area contributed by atoms with E-state index in [2.05, 4.69) is 29.2 Å². The molecule has 1 aromatic carbocycles. The van der Waals surface area contributed by atoms with Crippen molar-refractivity contribution >= 4 is 5.97 Å². The number of hydrogen-bond acceptors (Lipinski definition) is 3. The van der Waals surface area contributed by atoms with Crippen LogP contribution in [0.1, 0.15) is 31.9 Å². The Kier molecular flexibility index (Phi) is 3.71. The Morgan fingerprint density at radius 3 is 2.67 bits per heavy atom. The van der Waals surface area contributed by atoms with E-state index in [0.717, 1.165) is 19.5 Å². The molecule has 1 aliphatic rings. The predicted molar refractivity (Wildman–Crippen MR) is 71.3 cm³/mol. The molecule has 1 aliphatic heterocycles. The maximum Gasteiger partial charge on any atom is 0.325 e. The Hall–Kier alpha value is -1.35. The third-order valence-electron chi connectivity index (χ3n) is 3.70. The first kappa shape index (κ1) is 13.1. The summed E-state index contributed by atoms with van der Waals surface area (Å²) < 4.78 is 5.17. The van der Waals surface area contributed by atoms with E-state index < -0.39 is 5.54 Å². The van der Waals surface area contributed by atoms with Crippen LogP contribution in [0.2, 0.25) is 0 Å². The lowest BCUT2D eigenvalue weighted by Gasteiger charge is -2.39. The van der Waals surface area contributed by atoms with Crippen molar-refractivity contribution in [3.8, 4) is 0 Å². The van der Waals surface area contributed by atoms with Crippen LogP contribution < -0.4 is 0 Å². The summed E-state index contributed by atoms with van der Waals surface area (Å²) in [5.74, 6) is -0.135. The van der Waals surface area contributed by atoms with Gasteiger partial charge in [-0.25, -0.2) is 0 Å². The molecule has 0 spiro atoms. The van der Waals surface area contributed by atoms with Crippen LogP contribution in [-0.4, -0.2) is 29.6 Å². The Balaban J connectivity index is 2.15. The second-order valence-corrected chi connectivity index (χ2v) is 5.22. The van der Waals surface area contributed by atoms with Crippen LogP contribution in [-0.2, 0) is 22.5 Å². The Bertz CT molecular complexity index is 440. The number of ether oxygens (including phenoxy) is 1. The number of nitrogens with zero attached hydrogens (tertiary/aromatic N) is 1. The molecule has 0 saturated carbocycles. The van der Waals surface area contributed by atoms with Gasteiger partial charge in [0.05, 0.1) is 6.61 Å². The van der Waals surface area contributed by atoms with Gasteiger partial charge in [-0.1, -0.05) is 24.3 Å². The largest absolute Gasteiger partial charge is 0.465 e. The fourth-order valence-electron chi connectivity index (χ4n) is 2.41. The summed E-state index contributed by atoms with van der Waals surface area (Å²) in [5.41, 5.74) is 2.17. The van der Waals surface area contributed by atoms with Gasteiger partial charge < -0.3 is 4.74 Å². The van der Waals surface area contributed by atoms with E-state index >= 15 is 0 Å². The lowest BCUT2D eigenvalue weighted by Crippen LogP contribution is -2.52. The van der Waals surface area contributed by atoms with Gasteiger partial charge in [-0.15, -0.1) is 0 Å². The highest BCUT2D eigenvalue weighted by Gasteiger charge is 2.37. The molecule has 0 aromatic heterocycles. The molecule has 0 bridgehead atoms. The second-order valence-electron chi connectivity index (χ2n) is 5.22. The van der Waals surface area contributed by atoms with Gasteiger partial charge in [0.1, 0.15) is 5.54 Å². The van der Waals surface area contributed by atoms with E-state index in [0.29, 0.717) is 6.61 Å². The smallest absolute Gasteiger partial charge is 0.325 e. The molecule has 0 amide bonds. The van der Waals surface area contributed by atoms with E-state index in [1.54, 1.807) is 0 Å². The quantitative estimate of drug-likeness (QED) is 0.768. The highest BCUT2D eigenvalue weighted by molar-refractivity contribution is 5.79. The van der Waals surface area contributed by atoms with Crippen molar-refractivity contribution in [3.05, 3.63) is 35.4 Å². The predicted octanol–water partition coefficient (Wildman–Crippen LogP) is 2.39. The van der Waals surface area contributed by atoms with Crippen LogP contribution in [0.4, 0.5) is 0 Å². The van der Waals surface area contributed by atoms with Gasteiger partial charge in [0, 0.05) is 13.1 Å². The van der Waals surface area contributed by atoms with Gasteiger partial charge in [-0.2, -0.15) is 0 Å². The summed E-state index contributed by atoms with van der Waals surface area (Å²) in [6.07, 6.45) is 0.999. The molecule has 0 fully saturated rings. The monoisotopic (exact) mass is 247 g/mol. The van der Waals surface area contributed by atoms with E-state index in [4.69, 9.17) is 4.74 Å². The molecule has 2 rings (SSSR count). The van der Waals surface area contributed by atoms with E-state index in [-0.39, 0.29) is 5.97 Å². The molecule has 1 aromatic rings. The van der Waals surface area contributed by atoms with Crippen molar-refractivity contribution in [1.82, 2.24) is 4.90 Å². The van der Waals surface area contributed by atoms with Crippen LogP contribution in [0.15, 0.2) is 24.3 Å². The highest BCUT2D eigenvalue weighted by atomic mass is 16.5. The molecule has 3 nitrogen and oxygen atoms in total. The van der Waals surface area contributed by atoms with Crippen molar-refractivity contribution < 1.29 is 9.53 Å². The topological polar surface area (TPSA) is 29.5 Å². The standard InChI is InChI=1S/C15H21NO2/c1-4-18-14(17)15(2,3)16-10-9-12-7-5-6-8-13(12)11-16/h5-8H,4,9-11H2,1-3H3. The van der Waals surface area contributed by atoms with Crippen molar-refractivity contribution in [2.75, 3.05) is 13.2 Å². The minimum atomic E-state index is -0.552. The number of carbonyl (C=O) groups is 1. The molecule has 3 heteroatoms. The van der Waals surface area contributed by atoms with Crippen molar-refractivity contribution in [1.29, 1.82) is 0 Å². The molecule has 0 aliphatic carbocycles. The van der Waals surface area contributed by atoms with Gasteiger partial charge >= 0.3 is 5.97 Å². The summed E-state index contributed by atoms with van der Waals surface area (Å²) in [7, 11) is 0. The normalized spacial score (nSPS) is 16.2. The van der Waals surface area contributed by atoms with E-state index in [9.17, 15) is 4.79 Å². The molecule has 0 saturated heterocycles. The minimum absolute atomic E-state index is 0.135. The van der Waals surface area contributed by atoms with Gasteiger partial charge in [0.15, 0.2) is 0 Å². The third-order valence-corrected chi connectivity index (χ3v) is 3.70. The van der Waals surface area contributed by atoms with Crippen LogP contribution in [0.3, 0.4) is 0 Å². The average Bonchev–Trinajstić information content (AvgIpc) is 2.38. The van der Waals surface area contributed by atoms with Crippen molar-refractivity contribution in [3.63, 3.8) is 0 Å². The fraction of sp³-hybridized carbons (Fsp3) is 0.533. The zero-order valence-electron chi connectivity index (χ0n) is 11.4. The summed E-state index contributed by atoms with van der Waals surface area (Å²) in [6.45, 7) is 7.90. The molecule has 0 N–H and O–H groups in total. The first-order valence-electron chi connectivity index (χ1n) is 6.54. The third kappa shape index (κ3) is 2.41. The summed E-state index contributed by atoms with van der Waals surface area (Å²) in [6, 6.07) is 8.44. The zero-order chi connectivity index (χ0) is 13.2. The van der Waals surface area contributed by atoms with Crippen LogP contribution in [0.25, 0.3) is 0 Å². The summed E-state index contributed by atoms with van der Waals surface area (Å²) in [5, 5.41) is 0. The number of benzene rings is 1. The molecule has 0 unspecified atom stereocenters. The Morgan fingerprint density at radius 2 is 2.00 bits per heavy atom. The maximum absolute atomic E-state index is 12.0. The Morgan fingerprint density at radius 1 is 1.33 bits per heavy atom. The van der Waals surface area contributed by atoms with Crippen LogP contribution in [0, 0.1) is 0 Å². The first-order chi connectivity index (χ1) is 8.55. The van der Waals surface area contributed by atoms with E-state index in [1.165, 1.54) is 11.1 Å². The molecule has 0 atom stereocenters. The second kappa shape index (κ2) is 5.11. The average molecular weight is 247 g/mol.